The summed E-state index contributed by atoms with van der Waals surface area (Å²) in [6.07, 6.45) is 6.52. The minimum atomic E-state index is 0.588. The number of rotatable bonds is 5. The molecule has 3 aromatic rings. The molecule has 2 heterocycles. The first kappa shape index (κ1) is 12.6. The lowest BCUT2D eigenvalue weighted by molar-refractivity contribution is 0.649. The van der Waals surface area contributed by atoms with E-state index in [9.17, 15) is 0 Å². The van der Waals surface area contributed by atoms with E-state index < -0.39 is 0 Å². The maximum atomic E-state index is 5.50. The molecule has 0 saturated heterocycles. The lowest BCUT2D eigenvalue weighted by Gasteiger charge is -1.99. The number of para-hydroxylation sites is 1. The summed E-state index contributed by atoms with van der Waals surface area (Å²) in [6.45, 7) is 1.25. The van der Waals surface area contributed by atoms with Crippen LogP contribution in [0.25, 0.3) is 5.69 Å². The first-order chi connectivity index (χ1) is 9.85. The van der Waals surface area contributed by atoms with Crippen LogP contribution in [0.15, 0.2) is 48.9 Å². The lowest BCUT2D eigenvalue weighted by Crippen LogP contribution is -2.02. The first-order valence-corrected chi connectivity index (χ1v) is 6.53. The SMILES string of the molecule is NCCc1cn(Cc2cnn(-c3ccccc3)c2)nn1. The van der Waals surface area contributed by atoms with Gasteiger partial charge in [-0.2, -0.15) is 5.10 Å². The summed E-state index contributed by atoms with van der Waals surface area (Å²) in [7, 11) is 0. The third-order valence-corrected chi connectivity index (χ3v) is 2.99. The van der Waals surface area contributed by atoms with Crippen LogP contribution < -0.4 is 5.73 Å². The molecular weight excluding hydrogens is 252 g/mol. The predicted molar refractivity (Wildman–Crippen MR) is 75.4 cm³/mol. The van der Waals surface area contributed by atoms with Crippen LogP contribution in [0.2, 0.25) is 0 Å². The van der Waals surface area contributed by atoms with Crippen molar-refractivity contribution in [2.45, 2.75) is 13.0 Å². The molecule has 0 aliphatic heterocycles. The summed E-state index contributed by atoms with van der Waals surface area (Å²) in [4.78, 5) is 0. The summed E-state index contributed by atoms with van der Waals surface area (Å²) in [5.74, 6) is 0. The molecule has 20 heavy (non-hydrogen) atoms. The molecule has 1 aromatic carbocycles. The van der Waals surface area contributed by atoms with E-state index in [1.54, 1.807) is 4.68 Å². The molecule has 102 valence electrons. The standard InChI is InChI=1S/C14H16N6/c15-7-6-13-11-19(18-17-13)9-12-8-16-20(10-12)14-4-2-1-3-5-14/h1-5,8,10-11H,6-7,9,15H2. The van der Waals surface area contributed by atoms with E-state index in [2.05, 4.69) is 15.4 Å². The highest BCUT2D eigenvalue weighted by molar-refractivity contribution is 5.30. The largest absolute Gasteiger partial charge is 0.330 e. The number of aromatic nitrogens is 5. The van der Waals surface area contributed by atoms with E-state index in [1.165, 1.54) is 0 Å². The second-order valence-electron chi connectivity index (χ2n) is 4.57. The average molecular weight is 268 g/mol. The van der Waals surface area contributed by atoms with Crippen molar-refractivity contribution in [3.8, 4) is 5.69 Å². The van der Waals surface area contributed by atoms with Gasteiger partial charge in [0.25, 0.3) is 0 Å². The van der Waals surface area contributed by atoms with E-state index in [4.69, 9.17) is 5.73 Å². The molecule has 0 aliphatic carbocycles. The van der Waals surface area contributed by atoms with Gasteiger partial charge in [-0.3, -0.25) is 0 Å². The number of nitrogens with two attached hydrogens (primary N) is 1. The summed E-state index contributed by atoms with van der Waals surface area (Å²) < 4.78 is 3.66. The monoisotopic (exact) mass is 268 g/mol. The van der Waals surface area contributed by atoms with Crippen LogP contribution in [-0.4, -0.2) is 31.3 Å². The lowest BCUT2D eigenvalue weighted by atomic mass is 10.3. The highest BCUT2D eigenvalue weighted by Crippen LogP contribution is 2.08. The topological polar surface area (TPSA) is 74.6 Å². The molecule has 2 N–H and O–H groups in total. The predicted octanol–water partition coefficient (Wildman–Crippen LogP) is 1.01. The van der Waals surface area contributed by atoms with Gasteiger partial charge in [0.1, 0.15) is 0 Å². The van der Waals surface area contributed by atoms with Crippen LogP contribution in [0.5, 0.6) is 0 Å². The van der Waals surface area contributed by atoms with Crippen LogP contribution in [0, 0.1) is 0 Å². The molecule has 0 unspecified atom stereocenters. The van der Waals surface area contributed by atoms with Gasteiger partial charge in [-0.05, 0) is 18.7 Å². The van der Waals surface area contributed by atoms with E-state index in [0.29, 0.717) is 13.1 Å². The van der Waals surface area contributed by atoms with Crippen LogP contribution >= 0.6 is 0 Å². The van der Waals surface area contributed by atoms with Crippen LogP contribution in [-0.2, 0) is 13.0 Å². The quantitative estimate of drug-likeness (QED) is 0.749. The van der Waals surface area contributed by atoms with Gasteiger partial charge in [-0.15, -0.1) is 5.10 Å². The fourth-order valence-corrected chi connectivity index (χ4v) is 2.03. The Morgan fingerprint density at radius 1 is 1.10 bits per heavy atom. The molecule has 0 bridgehead atoms. The molecule has 0 saturated carbocycles. The third-order valence-electron chi connectivity index (χ3n) is 2.99. The van der Waals surface area contributed by atoms with Crippen molar-refractivity contribution in [1.82, 2.24) is 24.8 Å². The van der Waals surface area contributed by atoms with Gasteiger partial charge in [0, 0.05) is 24.4 Å². The van der Waals surface area contributed by atoms with Crippen LogP contribution in [0.4, 0.5) is 0 Å². The van der Waals surface area contributed by atoms with Gasteiger partial charge in [0.05, 0.1) is 24.1 Å². The molecule has 3 rings (SSSR count). The van der Waals surface area contributed by atoms with Crippen molar-refractivity contribution in [3.63, 3.8) is 0 Å². The molecular formula is C14H16N6. The maximum Gasteiger partial charge on any atom is 0.0839 e. The molecule has 6 nitrogen and oxygen atoms in total. The van der Waals surface area contributed by atoms with Crippen molar-refractivity contribution in [1.29, 1.82) is 0 Å². The van der Waals surface area contributed by atoms with Crippen molar-refractivity contribution in [2.24, 2.45) is 5.73 Å². The second kappa shape index (κ2) is 5.66. The van der Waals surface area contributed by atoms with E-state index in [1.807, 2.05) is 53.6 Å². The number of nitrogens with zero attached hydrogens (tertiary/aromatic N) is 5. The third kappa shape index (κ3) is 2.75. The second-order valence-corrected chi connectivity index (χ2v) is 4.57. The number of benzene rings is 1. The Balaban J connectivity index is 1.73. The first-order valence-electron chi connectivity index (χ1n) is 6.53. The summed E-state index contributed by atoms with van der Waals surface area (Å²) >= 11 is 0. The van der Waals surface area contributed by atoms with E-state index >= 15 is 0 Å². The van der Waals surface area contributed by atoms with Crippen LogP contribution in [0.3, 0.4) is 0 Å². The Kier molecular flexibility index (Phi) is 3.56. The molecule has 2 aromatic heterocycles. The Hall–Kier alpha value is -2.47. The van der Waals surface area contributed by atoms with Gasteiger partial charge in [0.2, 0.25) is 0 Å². The molecule has 0 aliphatic rings. The molecule has 0 radical (unpaired) electrons. The highest BCUT2D eigenvalue weighted by Gasteiger charge is 2.04. The van der Waals surface area contributed by atoms with Crippen molar-refractivity contribution in [2.75, 3.05) is 6.54 Å². The molecule has 0 atom stereocenters. The summed E-state index contributed by atoms with van der Waals surface area (Å²) in [6, 6.07) is 10.0. The minimum Gasteiger partial charge on any atom is -0.330 e. The maximum absolute atomic E-state index is 5.50. The smallest absolute Gasteiger partial charge is 0.0839 e. The van der Waals surface area contributed by atoms with Crippen molar-refractivity contribution in [3.05, 3.63) is 60.2 Å². The van der Waals surface area contributed by atoms with E-state index in [0.717, 1.165) is 23.4 Å². The van der Waals surface area contributed by atoms with E-state index in [-0.39, 0.29) is 0 Å². The summed E-state index contributed by atoms with van der Waals surface area (Å²) in [5.41, 5.74) is 8.54. The number of hydrogen-bond acceptors (Lipinski definition) is 4. The van der Waals surface area contributed by atoms with Crippen LogP contribution in [0.1, 0.15) is 11.3 Å². The Labute approximate surface area is 116 Å². The normalized spacial score (nSPS) is 10.8. The van der Waals surface area contributed by atoms with Gasteiger partial charge < -0.3 is 5.73 Å². The van der Waals surface area contributed by atoms with Crippen molar-refractivity contribution < 1.29 is 0 Å². The zero-order chi connectivity index (χ0) is 13.8. The van der Waals surface area contributed by atoms with Gasteiger partial charge in [-0.1, -0.05) is 23.4 Å². The molecule has 0 fully saturated rings. The molecule has 6 heteroatoms. The average Bonchev–Trinajstić information content (AvgIpc) is 3.11. The van der Waals surface area contributed by atoms with Crippen molar-refractivity contribution >= 4 is 0 Å². The minimum absolute atomic E-state index is 0.588. The van der Waals surface area contributed by atoms with Gasteiger partial charge in [0.15, 0.2) is 0 Å². The zero-order valence-corrected chi connectivity index (χ0v) is 11.1. The Bertz CT molecular complexity index is 670. The molecule has 0 spiro atoms. The summed E-state index contributed by atoms with van der Waals surface area (Å²) in [5, 5.41) is 12.5. The Morgan fingerprint density at radius 2 is 1.95 bits per heavy atom. The molecule has 0 amide bonds. The fourth-order valence-electron chi connectivity index (χ4n) is 2.03. The zero-order valence-electron chi connectivity index (χ0n) is 11.1. The van der Waals surface area contributed by atoms with Gasteiger partial charge in [-0.25, -0.2) is 9.36 Å². The fraction of sp³-hybridized carbons (Fsp3) is 0.214. The highest BCUT2D eigenvalue weighted by atomic mass is 15.4. The number of hydrogen-bond donors (Lipinski definition) is 1. The Morgan fingerprint density at radius 3 is 2.75 bits per heavy atom. The van der Waals surface area contributed by atoms with Gasteiger partial charge >= 0.3 is 0 Å².